The third kappa shape index (κ3) is 4.88. The van der Waals surface area contributed by atoms with E-state index in [0.717, 1.165) is 24.7 Å². The summed E-state index contributed by atoms with van der Waals surface area (Å²) in [5.74, 6) is 1.70. The van der Waals surface area contributed by atoms with Gasteiger partial charge in [0.05, 0.1) is 12.4 Å². The van der Waals surface area contributed by atoms with Crippen molar-refractivity contribution in [2.24, 2.45) is 5.92 Å². The number of hydrogen-bond acceptors (Lipinski definition) is 1. The Bertz CT molecular complexity index is 103. The summed E-state index contributed by atoms with van der Waals surface area (Å²) in [5.41, 5.74) is 0. The molecule has 0 amide bonds. The molecule has 0 bridgehead atoms. The van der Waals surface area contributed by atoms with E-state index in [1.807, 2.05) is 6.92 Å². The summed E-state index contributed by atoms with van der Waals surface area (Å²) in [6.07, 6.45) is 3.48. The molecule has 0 aliphatic heterocycles. The molecule has 0 fully saturated rings. The van der Waals surface area contributed by atoms with Gasteiger partial charge in [0.15, 0.2) is 0 Å². The Labute approximate surface area is 70.4 Å². The van der Waals surface area contributed by atoms with Gasteiger partial charge in [0.2, 0.25) is 0 Å². The van der Waals surface area contributed by atoms with Crippen molar-refractivity contribution >= 4 is 0 Å². The highest BCUT2D eigenvalue weighted by molar-refractivity contribution is 4.84. The van der Waals surface area contributed by atoms with E-state index in [1.165, 1.54) is 12.8 Å². The average molecular weight is 156 g/mol. The van der Waals surface area contributed by atoms with E-state index in [-0.39, 0.29) is 0 Å². The summed E-state index contributed by atoms with van der Waals surface area (Å²) in [6.45, 7) is 11.0. The lowest BCUT2D eigenvalue weighted by Crippen LogP contribution is -2.00. The molecule has 1 nitrogen and oxygen atoms in total. The maximum Gasteiger partial charge on any atom is 0.0890 e. The van der Waals surface area contributed by atoms with Crippen LogP contribution in [0.5, 0.6) is 0 Å². The molecule has 0 aromatic heterocycles. The zero-order chi connectivity index (χ0) is 8.69. The topological polar surface area (TPSA) is 9.23 Å². The number of hydrogen-bond donors (Lipinski definition) is 0. The maximum absolute atomic E-state index is 5.28. The molecule has 66 valence electrons. The minimum atomic E-state index is 0.749. The highest BCUT2D eigenvalue weighted by Gasteiger charge is 2.05. The fourth-order valence-corrected chi connectivity index (χ4v) is 1.16. The highest BCUT2D eigenvalue weighted by atomic mass is 16.5. The third-order valence-electron chi connectivity index (χ3n) is 2.02. The second-order valence-electron chi connectivity index (χ2n) is 2.86. The molecule has 0 saturated carbocycles. The Morgan fingerprint density at radius 3 is 2.18 bits per heavy atom. The molecule has 1 heteroatoms. The zero-order valence-electron chi connectivity index (χ0n) is 8.02. The number of allylic oxidation sites excluding steroid dienone is 1. The highest BCUT2D eigenvalue weighted by Crippen LogP contribution is 2.17. The predicted octanol–water partition coefficient (Wildman–Crippen LogP) is 3.36. The van der Waals surface area contributed by atoms with Crippen molar-refractivity contribution in [1.29, 1.82) is 0 Å². The van der Waals surface area contributed by atoms with E-state index < -0.39 is 0 Å². The minimum absolute atomic E-state index is 0.749. The summed E-state index contributed by atoms with van der Waals surface area (Å²) in [7, 11) is 0. The Balaban J connectivity index is 3.54. The molecule has 0 unspecified atom stereocenters. The van der Waals surface area contributed by atoms with Crippen LogP contribution in [0.25, 0.3) is 0 Å². The quantitative estimate of drug-likeness (QED) is 0.536. The standard InChI is InChI=1S/C10H20O/c1-5-10(6-2)8-9(4)11-7-3/h10H,4-8H2,1-3H3. The monoisotopic (exact) mass is 156 g/mol. The van der Waals surface area contributed by atoms with Crippen LogP contribution in [-0.4, -0.2) is 6.61 Å². The van der Waals surface area contributed by atoms with Crippen LogP contribution >= 0.6 is 0 Å². The molecule has 0 saturated heterocycles. The van der Waals surface area contributed by atoms with E-state index in [2.05, 4.69) is 20.4 Å². The van der Waals surface area contributed by atoms with Crippen LogP contribution < -0.4 is 0 Å². The van der Waals surface area contributed by atoms with E-state index in [0.29, 0.717) is 0 Å². The van der Waals surface area contributed by atoms with Crippen molar-refractivity contribution < 1.29 is 4.74 Å². The molecule has 0 atom stereocenters. The van der Waals surface area contributed by atoms with Crippen molar-refractivity contribution in [2.75, 3.05) is 6.61 Å². The van der Waals surface area contributed by atoms with Gasteiger partial charge in [-0.25, -0.2) is 0 Å². The van der Waals surface area contributed by atoms with Crippen molar-refractivity contribution in [3.8, 4) is 0 Å². The van der Waals surface area contributed by atoms with Crippen LogP contribution in [-0.2, 0) is 4.74 Å². The summed E-state index contributed by atoms with van der Waals surface area (Å²) in [5, 5.41) is 0. The van der Waals surface area contributed by atoms with Crippen LogP contribution in [0.2, 0.25) is 0 Å². The Hall–Kier alpha value is -0.460. The summed E-state index contributed by atoms with van der Waals surface area (Å²) < 4.78 is 5.28. The molecule has 0 aromatic rings. The molecule has 0 aliphatic carbocycles. The lowest BCUT2D eigenvalue weighted by Gasteiger charge is -2.13. The Morgan fingerprint density at radius 2 is 1.82 bits per heavy atom. The van der Waals surface area contributed by atoms with Crippen LogP contribution in [0.3, 0.4) is 0 Å². The van der Waals surface area contributed by atoms with Gasteiger partial charge in [-0.15, -0.1) is 0 Å². The fraction of sp³-hybridized carbons (Fsp3) is 0.800. The first-order chi connectivity index (χ1) is 5.24. The summed E-state index contributed by atoms with van der Waals surface area (Å²) >= 11 is 0. The van der Waals surface area contributed by atoms with Crippen LogP contribution in [0.1, 0.15) is 40.0 Å². The molecule has 11 heavy (non-hydrogen) atoms. The van der Waals surface area contributed by atoms with Crippen LogP contribution in [0, 0.1) is 5.92 Å². The van der Waals surface area contributed by atoms with E-state index in [4.69, 9.17) is 4.74 Å². The van der Waals surface area contributed by atoms with Gasteiger partial charge in [-0.1, -0.05) is 33.3 Å². The second kappa shape index (κ2) is 6.26. The average Bonchev–Trinajstić information content (AvgIpc) is 2.01. The first-order valence-electron chi connectivity index (χ1n) is 4.55. The molecular formula is C10H20O. The summed E-state index contributed by atoms with van der Waals surface area (Å²) in [6, 6.07) is 0. The zero-order valence-corrected chi connectivity index (χ0v) is 8.02. The normalized spacial score (nSPS) is 10.2. The van der Waals surface area contributed by atoms with E-state index >= 15 is 0 Å². The van der Waals surface area contributed by atoms with Crippen molar-refractivity contribution in [3.05, 3.63) is 12.3 Å². The molecule has 0 spiro atoms. The van der Waals surface area contributed by atoms with Gasteiger partial charge < -0.3 is 4.74 Å². The second-order valence-corrected chi connectivity index (χ2v) is 2.86. The van der Waals surface area contributed by atoms with Crippen molar-refractivity contribution in [3.63, 3.8) is 0 Å². The van der Waals surface area contributed by atoms with Gasteiger partial charge in [-0.2, -0.15) is 0 Å². The minimum Gasteiger partial charge on any atom is -0.499 e. The van der Waals surface area contributed by atoms with E-state index in [9.17, 15) is 0 Å². The largest absolute Gasteiger partial charge is 0.499 e. The van der Waals surface area contributed by atoms with Crippen molar-refractivity contribution in [1.82, 2.24) is 0 Å². The third-order valence-corrected chi connectivity index (χ3v) is 2.02. The predicted molar refractivity (Wildman–Crippen MR) is 49.5 cm³/mol. The van der Waals surface area contributed by atoms with Gasteiger partial charge in [0.1, 0.15) is 0 Å². The molecule has 0 radical (unpaired) electrons. The number of rotatable bonds is 6. The fourth-order valence-electron chi connectivity index (χ4n) is 1.16. The lowest BCUT2D eigenvalue weighted by molar-refractivity contribution is 0.206. The molecular weight excluding hydrogens is 136 g/mol. The van der Waals surface area contributed by atoms with Gasteiger partial charge in [-0.3, -0.25) is 0 Å². The molecule has 0 aliphatic rings. The molecule has 0 aromatic carbocycles. The molecule has 0 rings (SSSR count). The SMILES string of the molecule is C=C(CC(CC)CC)OCC. The van der Waals surface area contributed by atoms with Crippen LogP contribution in [0.15, 0.2) is 12.3 Å². The number of ether oxygens (including phenoxy) is 1. The van der Waals surface area contributed by atoms with Gasteiger partial charge in [-0.05, 0) is 12.8 Å². The van der Waals surface area contributed by atoms with Crippen molar-refractivity contribution in [2.45, 2.75) is 40.0 Å². The lowest BCUT2D eigenvalue weighted by atomic mass is 9.99. The summed E-state index contributed by atoms with van der Waals surface area (Å²) in [4.78, 5) is 0. The Morgan fingerprint density at radius 1 is 1.27 bits per heavy atom. The molecule has 0 N–H and O–H groups in total. The first kappa shape index (κ1) is 10.5. The van der Waals surface area contributed by atoms with Crippen LogP contribution in [0.4, 0.5) is 0 Å². The Kier molecular flexibility index (Phi) is 6.00. The first-order valence-corrected chi connectivity index (χ1v) is 4.55. The molecule has 0 heterocycles. The van der Waals surface area contributed by atoms with Gasteiger partial charge in [0.25, 0.3) is 0 Å². The van der Waals surface area contributed by atoms with Gasteiger partial charge >= 0.3 is 0 Å². The van der Waals surface area contributed by atoms with Gasteiger partial charge in [0, 0.05) is 6.42 Å². The maximum atomic E-state index is 5.28. The smallest absolute Gasteiger partial charge is 0.0890 e. The van der Waals surface area contributed by atoms with E-state index in [1.54, 1.807) is 0 Å².